The minimum absolute atomic E-state index is 0.106. The smallest absolute Gasteiger partial charge is 0.255 e. The van der Waals surface area contributed by atoms with Crippen molar-refractivity contribution >= 4 is 40.3 Å². The van der Waals surface area contributed by atoms with Gasteiger partial charge in [-0.1, -0.05) is 48.5 Å². The lowest BCUT2D eigenvalue weighted by Gasteiger charge is -2.12. The largest absolute Gasteiger partial charge is 0.326 e. The van der Waals surface area contributed by atoms with Crippen LogP contribution in [0.3, 0.4) is 0 Å². The first-order valence-electron chi connectivity index (χ1n) is 13.8. The Morgan fingerprint density at radius 2 is 1.47 bits per heavy atom. The number of carbonyl (C=O) groups is 2. The van der Waals surface area contributed by atoms with Gasteiger partial charge >= 0.3 is 0 Å². The first kappa shape index (κ1) is 27.4. The lowest BCUT2D eigenvalue weighted by atomic mass is 10.0. The molecule has 4 aromatic carbocycles. The highest BCUT2D eigenvalue weighted by Crippen LogP contribution is 2.28. The summed E-state index contributed by atoms with van der Waals surface area (Å²) in [5, 5.41) is 13.5. The van der Waals surface area contributed by atoms with Crippen molar-refractivity contribution in [3.05, 3.63) is 127 Å². The summed E-state index contributed by atoms with van der Waals surface area (Å²) in [5.41, 5.74) is 14.1. The van der Waals surface area contributed by atoms with Gasteiger partial charge in [-0.3, -0.25) is 9.59 Å². The van der Waals surface area contributed by atoms with Crippen LogP contribution in [0.4, 0.5) is 23.0 Å². The predicted molar refractivity (Wildman–Crippen MR) is 170 cm³/mol. The topological polar surface area (TPSA) is 126 Å². The maximum absolute atomic E-state index is 12.6. The number of hydrogen-bond donors (Lipinski definition) is 4. The minimum Gasteiger partial charge on any atom is -0.326 e. The molecule has 0 radical (unpaired) electrons. The fraction of sp³-hybridized carbons (Fsp3) is 0.0588. The number of hydrogen-bond acceptors (Lipinski definition) is 6. The maximum atomic E-state index is 12.6. The number of benzene rings is 4. The number of amides is 2. The van der Waals surface area contributed by atoms with E-state index in [-0.39, 0.29) is 11.8 Å². The summed E-state index contributed by atoms with van der Waals surface area (Å²) in [6, 6.07) is 34.4. The van der Waals surface area contributed by atoms with Crippen molar-refractivity contribution in [1.29, 1.82) is 0 Å². The average molecular weight is 568 g/mol. The molecule has 9 nitrogen and oxygen atoms in total. The summed E-state index contributed by atoms with van der Waals surface area (Å²) < 4.78 is 1.74. The molecule has 212 valence electrons. The Morgan fingerprint density at radius 1 is 0.744 bits per heavy atom. The zero-order valence-corrected chi connectivity index (χ0v) is 23.4. The minimum atomic E-state index is -0.191. The van der Waals surface area contributed by atoms with Gasteiger partial charge in [0.05, 0.1) is 17.4 Å². The van der Waals surface area contributed by atoms with Gasteiger partial charge in [0.25, 0.3) is 5.91 Å². The first-order chi connectivity index (χ1) is 20.9. The Balaban J connectivity index is 1.20. The first-order valence-corrected chi connectivity index (χ1v) is 13.8. The van der Waals surface area contributed by atoms with Crippen LogP contribution in [0.5, 0.6) is 0 Å². The Morgan fingerprint density at radius 3 is 2.19 bits per heavy atom. The monoisotopic (exact) mass is 567 g/mol. The molecule has 2 heterocycles. The van der Waals surface area contributed by atoms with E-state index < -0.39 is 0 Å². The molecule has 0 unspecified atom stereocenters. The molecule has 2 aromatic heterocycles. The molecule has 0 aliphatic rings. The molecular formula is C34H29N7O2. The highest BCUT2D eigenvalue weighted by atomic mass is 16.2. The molecule has 0 saturated heterocycles. The van der Waals surface area contributed by atoms with Crippen LogP contribution in [0.25, 0.3) is 27.9 Å². The fourth-order valence-corrected chi connectivity index (χ4v) is 4.74. The summed E-state index contributed by atoms with van der Waals surface area (Å²) >= 11 is 0. The molecule has 9 heteroatoms. The number of rotatable bonds is 8. The standard InChI is InChI=1S/C34H29N7O2/c1-22(42)37-30-4-2-3-27(19-30)24-9-11-25(12-10-24)32-20-31-17-18-36-41(31)34(40-32)39-29-15-13-28(14-16-29)38-33(43)26-7-5-23(21-35)6-8-26/h2-20H,21,35H2,1H3,(H,37,42)(H,38,43)(H,39,40). The van der Waals surface area contributed by atoms with Crippen LogP contribution >= 0.6 is 0 Å². The lowest BCUT2D eigenvalue weighted by Crippen LogP contribution is -2.12. The number of nitrogens with one attached hydrogen (secondary N) is 3. The summed E-state index contributed by atoms with van der Waals surface area (Å²) in [4.78, 5) is 29.0. The molecule has 2 amide bonds. The summed E-state index contributed by atoms with van der Waals surface area (Å²) in [6.45, 7) is 1.93. The van der Waals surface area contributed by atoms with Gasteiger partial charge in [-0.25, -0.2) is 9.50 Å². The number of nitrogens with zero attached hydrogens (tertiary/aromatic N) is 3. The molecule has 0 saturated carbocycles. The predicted octanol–water partition coefficient (Wildman–Crippen LogP) is 6.48. The SMILES string of the molecule is CC(=O)Nc1cccc(-c2ccc(-c3cc4ccnn4c(Nc4ccc(NC(=O)c5ccc(CN)cc5)cc4)n3)cc2)c1. The van der Waals surface area contributed by atoms with Crippen LogP contribution in [0, 0.1) is 0 Å². The number of aromatic nitrogens is 3. The van der Waals surface area contributed by atoms with E-state index in [0.717, 1.165) is 44.8 Å². The van der Waals surface area contributed by atoms with E-state index in [1.54, 1.807) is 22.8 Å². The lowest BCUT2D eigenvalue weighted by molar-refractivity contribution is -0.114. The molecular weight excluding hydrogens is 538 g/mol. The summed E-state index contributed by atoms with van der Waals surface area (Å²) in [5.74, 6) is 0.260. The highest BCUT2D eigenvalue weighted by Gasteiger charge is 2.11. The van der Waals surface area contributed by atoms with Crippen LogP contribution in [0.1, 0.15) is 22.8 Å². The second-order valence-electron chi connectivity index (χ2n) is 10.0. The van der Waals surface area contributed by atoms with Crippen molar-refractivity contribution in [2.24, 2.45) is 5.73 Å². The summed E-state index contributed by atoms with van der Waals surface area (Å²) in [6.07, 6.45) is 1.73. The van der Waals surface area contributed by atoms with Gasteiger partial charge < -0.3 is 21.7 Å². The third-order valence-electron chi connectivity index (χ3n) is 6.93. The second-order valence-corrected chi connectivity index (χ2v) is 10.0. The van der Waals surface area contributed by atoms with Gasteiger partial charge in [0, 0.05) is 41.7 Å². The zero-order chi connectivity index (χ0) is 29.8. The van der Waals surface area contributed by atoms with Crippen molar-refractivity contribution in [2.45, 2.75) is 13.5 Å². The van der Waals surface area contributed by atoms with Gasteiger partial charge in [0.2, 0.25) is 11.9 Å². The fourth-order valence-electron chi connectivity index (χ4n) is 4.74. The third-order valence-corrected chi connectivity index (χ3v) is 6.93. The second kappa shape index (κ2) is 12.0. The van der Waals surface area contributed by atoms with Crippen LogP contribution in [-0.4, -0.2) is 26.4 Å². The molecule has 0 aliphatic heterocycles. The van der Waals surface area contributed by atoms with E-state index in [4.69, 9.17) is 10.7 Å². The normalized spacial score (nSPS) is 10.8. The van der Waals surface area contributed by atoms with E-state index in [2.05, 4.69) is 21.0 Å². The zero-order valence-electron chi connectivity index (χ0n) is 23.4. The van der Waals surface area contributed by atoms with Crippen molar-refractivity contribution in [1.82, 2.24) is 14.6 Å². The molecule has 0 aliphatic carbocycles. The van der Waals surface area contributed by atoms with Crippen molar-refractivity contribution in [2.75, 3.05) is 16.0 Å². The summed E-state index contributed by atoms with van der Waals surface area (Å²) in [7, 11) is 0. The van der Waals surface area contributed by atoms with Crippen molar-refractivity contribution in [3.8, 4) is 22.4 Å². The van der Waals surface area contributed by atoms with E-state index in [0.29, 0.717) is 23.7 Å². The van der Waals surface area contributed by atoms with E-state index in [1.807, 2.05) is 97.1 Å². The molecule has 43 heavy (non-hydrogen) atoms. The number of anilines is 4. The average Bonchev–Trinajstić information content (AvgIpc) is 3.51. The van der Waals surface area contributed by atoms with E-state index in [9.17, 15) is 9.59 Å². The van der Waals surface area contributed by atoms with E-state index >= 15 is 0 Å². The number of nitrogens with two attached hydrogens (primary N) is 1. The number of fused-ring (bicyclic) bond motifs is 1. The van der Waals surface area contributed by atoms with Crippen molar-refractivity contribution < 1.29 is 9.59 Å². The maximum Gasteiger partial charge on any atom is 0.255 e. The molecule has 6 rings (SSSR count). The Hall–Kier alpha value is -5.80. The quantitative estimate of drug-likeness (QED) is 0.167. The van der Waals surface area contributed by atoms with Gasteiger partial charge in [0.15, 0.2) is 0 Å². The molecule has 0 fully saturated rings. The molecule has 0 bridgehead atoms. The van der Waals surface area contributed by atoms with E-state index in [1.165, 1.54) is 6.92 Å². The van der Waals surface area contributed by atoms with Crippen LogP contribution in [0.15, 0.2) is 115 Å². The Kier molecular flexibility index (Phi) is 7.62. The van der Waals surface area contributed by atoms with Crippen LogP contribution < -0.4 is 21.7 Å². The molecule has 5 N–H and O–H groups in total. The van der Waals surface area contributed by atoms with Crippen LogP contribution in [0.2, 0.25) is 0 Å². The van der Waals surface area contributed by atoms with Crippen molar-refractivity contribution in [3.63, 3.8) is 0 Å². The molecule has 0 spiro atoms. The Labute approximate surface area is 248 Å². The Bertz CT molecular complexity index is 1910. The van der Waals surface area contributed by atoms with Crippen LogP contribution in [-0.2, 0) is 11.3 Å². The van der Waals surface area contributed by atoms with Gasteiger partial charge in [-0.2, -0.15) is 5.10 Å². The van der Waals surface area contributed by atoms with Gasteiger partial charge in [-0.05, 0) is 77.4 Å². The molecule has 6 aromatic rings. The van der Waals surface area contributed by atoms with Gasteiger partial charge in [0.1, 0.15) is 0 Å². The van der Waals surface area contributed by atoms with Gasteiger partial charge in [-0.15, -0.1) is 0 Å². The third kappa shape index (κ3) is 6.27. The number of carbonyl (C=O) groups excluding carboxylic acids is 2. The highest BCUT2D eigenvalue weighted by molar-refractivity contribution is 6.04. The molecule has 0 atom stereocenters.